The zero-order valence-electron chi connectivity index (χ0n) is 18.3. The Bertz CT molecular complexity index is 1360. The maximum atomic E-state index is 12.5. The van der Waals surface area contributed by atoms with Crippen molar-refractivity contribution >= 4 is 55.4 Å². The van der Waals surface area contributed by atoms with Crippen molar-refractivity contribution in [1.82, 2.24) is 10.9 Å². The standard InChI is InChI=1S/C25H22BrN3O5/c1-15(28-29-25(31)14-33-17-9-7-16(26)8-10-17)11-24(30)27-20-13-22-19(12-23(20)32-2)18-5-3-4-6-21(18)34-22/h3-10,12-13,28H,1,11,14H2,2H3,(H,27,30)(H,29,31). The largest absolute Gasteiger partial charge is 0.495 e. The minimum atomic E-state index is -0.415. The summed E-state index contributed by atoms with van der Waals surface area (Å²) in [5, 5.41) is 4.66. The molecule has 0 aliphatic rings. The van der Waals surface area contributed by atoms with Gasteiger partial charge in [0, 0.05) is 27.0 Å². The number of hydrogen-bond donors (Lipinski definition) is 3. The summed E-state index contributed by atoms with van der Waals surface area (Å²) in [7, 11) is 1.53. The highest BCUT2D eigenvalue weighted by Crippen LogP contribution is 2.36. The number of fused-ring (bicyclic) bond motifs is 3. The van der Waals surface area contributed by atoms with E-state index in [9.17, 15) is 9.59 Å². The third kappa shape index (κ3) is 5.49. The van der Waals surface area contributed by atoms with Gasteiger partial charge in [-0.25, -0.2) is 0 Å². The number of hydrogen-bond acceptors (Lipinski definition) is 6. The van der Waals surface area contributed by atoms with E-state index in [1.54, 1.807) is 18.2 Å². The molecule has 1 aromatic heterocycles. The van der Waals surface area contributed by atoms with Gasteiger partial charge in [0.05, 0.1) is 19.2 Å². The molecule has 3 N–H and O–H groups in total. The van der Waals surface area contributed by atoms with Crippen molar-refractivity contribution in [3.05, 3.63) is 77.4 Å². The Hall–Kier alpha value is -3.98. The molecule has 0 spiro atoms. The van der Waals surface area contributed by atoms with Gasteiger partial charge in [0.1, 0.15) is 22.7 Å². The first-order chi connectivity index (χ1) is 16.4. The van der Waals surface area contributed by atoms with Crippen LogP contribution in [0.4, 0.5) is 5.69 Å². The van der Waals surface area contributed by atoms with Crippen molar-refractivity contribution in [2.75, 3.05) is 19.0 Å². The topological polar surface area (TPSA) is 102 Å². The number of para-hydroxylation sites is 1. The molecular formula is C25H22BrN3O5. The molecule has 8 nitrogen and oxygen atoms in total. The summed E-state index contributed by atoms with van der Waals surface area (Å²) in [6.45, 7) is 3.58. The maximum Gasteiger partial charge on any atom is 0.276 e. The van der Waals surface area contributed by atoms with E-state index in [-0.39, 0.29) is 18.9 Å². The molecule has 0 bridgehead atoms. The van der Waals surface area contributed by atoms with Crippen molar-refractivity contribution in [1.29, 1.82) is 0 Å². The minimum Gasteiger partial charge on any atom is -0.495 e. The highest BCUT2D eigenvalue weighted by Gasteiger charge is 2.15. The molecule has 9 heteroatoms. The molecule has 1 heterocycles. The monoisotopic (exact) mass is 523 g/mol. The summed E-state index contributed by atoms with van der Waals surface area (Å²) in [5.41, 5.74) is 7.24. The van der Waals surface area contributed by atoms with Crippen molar-refractivity contribution in [3.63, 3.8) is 0 Å². The number of carbonyl (C=O) groups is 2. The molecule has 34 heavy (non-hydrogen) atoms. The van der Waals surface area contributed by atoms with Crippen LogP contribution in [0.5, 0.6) is 11.5 Å². The highest BCUT2D eigenvalue weighted by atomic mass is 79.9. The lowest BCUT2D eigenvalue weighted by Gasteiger charge is -2.13. The number of halogens is 1. The number of anilines is 1. The van der Waals surface area contributed by atoms with Crippen LogP contribution < -0.4 is 25.6 Å². The van der Waals surface area contributed by atoms with Crippen LogP contribution >= 0.6 is 15.9 Å². The first-order valence-electron chi connectivity index (χ1n) is 10.3. The zero-order chi connectivity index (χ0) is 24.1. The van der Waals surface area contributed by atoms with E-state index >= 15 is 0 Å². The Balaban J connectivity index is 1.31. The van der Waals surface area contributed by atoms with Crippen LogP contribution in [0.3, 0.4) is 0 Å². The molecule has 0 fully saturated rings. The molecule has 2 amide bonds. The minimum absolute atomic E-state index is 0.0742. The van der Waals surface area contributed by atoms with E-state index < -0.39 is 5.91 Å². The normalized spacial score (nSPS) is 10.6. The summed E-state index contributed by atoms with van der Waals surface area (Å²) in [5.74, 6) is 0.310. The van der Waals surface area contributed by atoms with E-state index in [0.717, 1.165) is 20.8 Å². The second-order valence-electron chi connectivity index (χ2n) is 7.39. The molecule has 0 atom stereocenters. The van der Waals surface area contributed by atoms with Crippen LogP contribution in [0.2, 0.25) is 0 Å². The van der Waals surface area contributed by atoms with Gasteiger partial charge in [0.15, 0.2) is 6.61 Å². The predicted molar refractivity (Wildman–Crippen MR) is 134 cm³/mol. The summed E-state index contributed by atoms with van der Waals surface area (Å²) in [4.78, 5) is 24.5. The zero-order valence-corrected chi connectivity index (χ0v) is 19.9. The van der Waals surface area contributed by atoms with Gasteiger partial charge in [0.2, 0.25) is 5.91 Å². The first-order valence-corrected chi connectivity index (χ1v) is 11.1. The third-order valence-corrected chi connectivity index (χ3v) is 5.44. The predicted octanol–water partition coefficient (Wildman–Crippen LogP) is 4.90. The van der Waals surface area contributed by atoms with Gasteiger partial charge in [-0.05, 0) is 36.4 Å². The fourth-order valence-electron chi connectivity index (χ4n) is 3.32. The van der Waals surface area contributed by atoms with Gasteiger partial charge in [0.25, 0.3) is 5.91 Å². The Morgan fingerprint density at radius 1 is 0.971 bits per heavy atom. The second-order valence-corrected chi connectivity index (χ2v) is 8.31. The molecule has 4 rings (SSSR count). The Morgan fingerprint density at radius 3 is 2.50 bits per heavy atom. The fraction of sp³-hybridized carbons (Fsp3) is 0.120. The van der Waals surface area contributed by atoms with Crippen LogP contribution in [0.25, 0.3) is 21.9 Å². The van der Waals surface area contributed by atoms with Gasteiger partial charge in [-0.15, -0.1) is 0 Å². The van der Waals surface area contributed by atoms with Gasteiger partial charge in [-0.1, -0.05) is 40.7 Å². The summed E-state index contributed by atoms with van der Waals surface area (Å²) in [6, 6.07) is 18.3. The first kappa shape index (κ1) is 23.2. The Morgan fingerprint density at radius 2 is 1.74 bits per heavy atom. The number of rotatable bonds is 9. The van der Waals surface area contributed by atoms with Crippen LogP contribution in [-0.4, -0.2) is 25.5 Å². The number of furan rings is 1. The summed E-state index contributed by atoms with van der Waals surface area (Å²) in [6.07, 6.45) is -0.0742. The lowest BCUT2D eigenvalue weighted by molar-refractivity contribution is -0.124. The average molecular weight is 524 g/mol. The molecule has 0 saturated heterocycles. The molecule has 0 aliphatic carbocycles. The molecule has 0 aliphatic heterocycles. The van der Waals surface area contributed by atoms with E-state index in [1.165, 1.54) is 7.11 Å². The van der Waals surface area contributed by atoms with Crippen LogP contribution in [0, 0.1) is 0 Å². The summed E-state index contributed by atoms with van der Waals surface area (Å²) >= 11 is 3.33. The number of hydrazine groups is 1. The Labute approximate surface area is 204 Å². The van der Waals surface area contributed by atoms with Gasteiger partial charge in [-0.2, -0.15) is 0 Å². The van der Waals surface area contributed by atoms with E-state index in [4.69, 9.17) is 13.9 Å². The van der Waals surface area contributed by atoms with Crippen molar-refractivity contribution in [2.24, 2.45) is 0 Å². The SMILES string of the molecule is C=C(CC(=O)Nc1cc2oc3ccccc3c2cc1OC)NNC(=O)COc1ccc(Br)cc1. The fourth-order valence-corrected chi connectivity index (χ4v) is 3.59. The second kappa shape index (κ2) is 10.3. The van der Waals surface area contributed by atoms with Crippen LogP contribution in [0.15, 0.2) is 81.8 Å². The van der Waals surface area contributed by atoms with Crippen molar-refractivity contribution < 1.29 is 23.5 Å². The van der Waals surface area contributed by atoms with Gasteiger partial charge < -0.3 is 24.6 Å². The molecule has 174 valence electrons. The van der Waals surface area contributed by atoms with Crippen molar-refractivity contribution in [2.45, 2.75) is 6.42 Å². The lowest BCUT2D eigenvalue weighted by Crippen LogP contribution is -2.40. The Kier molecular flexibility index (Phi) is 7.03. The molecular weight excluding hydrogens is 502 g/mol. The smallest absolute Gasteiger partial charge is 0.276 e. The molecule has 3 aromatic carbocycles. The van der Waals surface area contributed by atoms with Crippen LogP contribution in [0.1, 0.15) is 6.42 Å². The van der Waals surface area contributed by atoms with E-state index in [2.05, 4.69) is 38.7 Å². The number of methoxy groups -OCH3 is 1. The number of nitrogens with one attached hydrogen (secondary N) is 3. The van der Waals surface area contributed by atoms with Crippen LogP contribution in [-0.2, 0) is 9.59 Å². The molecule has 0 unspecified atom stereocenters. The quantitative estimate of drug-likeness (QED) is 0.270. The molecule has 4 aromatic rings. The molecule has 0 saturated carbocycles. The number of ether oxygens (including phenoxy) is 2. The van der Waals surface area contributed by atoms with E-state index in [0.29, 0.717) is 28.5 Å². The lowest BCUT2D eigenvalue weighted by atomic mass is 10.1. The maximum absolute atomic E-state index is 12.5. The third-order valence-electron chi connectivity index (χ3n) is 4.91. The number of carbonyl (C=O) groups excluding carboxylic acids is 2. The highest BCUT2D eigenvalue weighted by molar-refractivity contribution is 9.10. The van der Waals surface area contributed by atoms with Gasteiger partial charge in [-0.3, -0.25) is 15.0 Å². The average Bonchev–Trinajstić information content (AvgIpc) is 3.19. The van der Waals surface area contributed by atoms with Gasteiger partial charge >= 0.3 is 0 Å². The van der Waals surface area contributed by atoms with E-state index in [1.807, 2.05) is 42.5 Å². The number of benzene rings is 3. The number of amides is 2. The summed E-state index contributed by atoms with van der Waals surface area (Å²) < 4.78 is 17.6. The van der Waals surface area contributed by atoms with Crippen molar-refractivity contribution in [3.8, 4) is 11.5 Å². The molecule has 0 radical (unpaired) electrons.